The first-order valence-electron chi connectivity index (χ1n) is 7.32. The molecule has 0 radical (unpaired) electrons. The first-order valence-corrected chi connectivity index (χ1v) is 7.32. The summed E-state index contributed by atoms with van der Waals surface area (Å²) in [5, 5.41) is 9.53. The molecule has 2 atom stereocenters. The van der Waals surface area contributed by atoms with E-state index < -0.39 is 0 Å². The van der Waals surface area contributed by atoms with Crippen LogP contribution >= 0.6 is 0 Å². The van der Waals surface area contributed by atoms with Crippen LogP contribution in [0.15, 0.2) is 24.3 Å². The number of hydrogen-bond donors (Lipinski definition) is 0. The maximum Gasteiger partial charge on any atom is 0.118 e. The standard InChI is InChI=1S/C17H23NO/c1-3-4-5-6-7-15-12-17(15,13-18)14-8-10-16(19-2)11-9-14/h8-11,15H,3-7,12H2,1-2H3/t15-,17+/m0/s1. The Hall–Kier alpha value is -1.49. The summed E-state index contributed by atoms with van der Waals surface area (Å²) in [5.74, 6) is 1.42. The van der Waals surface area contributed by atoms with Crippen molar-refractivity contribution < 1.29 is 4.74 Å². The lowest BCUT2D eigenvalue weighted by molar-refractivity contribution is 0.414. The Morgan fingerprint density at radius 1 is 1.26 bits per heavy atom. The number of unbranched alkanes of at least 4 members (excludes halogenated alkanes) is 3. The first-order chi connectivity index (χ1) is 9.26. The molecule has 1 aliphatic carbocycles. The molecule has 0 heterocycles. The van der Waals surface area contributed by atoms with Gasteiger partial charge in [-0.15, -0.1) is 0 Å². The number of ether oxygens (including phenoxy) is 1. The quantitative estimate of drug-likeness (QED) is 0.676. The minimum atomic E-state index is -0.210. The van der Waals surface area contributed by atoms with Gasteiger partial charge in [0.1, 0.15) is 5.75 Å². The van der Waals surface area contributed by atoms with Gasteiger partial charge in [-0.25, -0.2) is 0 Å². The molecule has 0 bridgehead atoms. The van der Waals surface area contributed by atoms with Gasteiger partial charge in [0.05, 0.1) is 18.6 Å². The second-order valence-corrected chi connectivity index (χ2v) is 5.56. The van der Waals surface area contributed by atoms with Crippen molar-refractivity contribution in [3.8, 4) is 11.8 Å². The van der Waals surface area contributed by atoms with Gasteiger partial charge >= 0.3 is 0 Å². The zero-order valence-corrected chi connectivity index (χ0v) is 12.0. The lowest BCUT2D eigenvalue weighted by Crippen LogP contribution is -2.07. The summed E-state index contributed by atoms with van der Waals surface area (Å²) in [4.78, 5) is 0. The number of hydrogen-bond acceptors (Lipinski definition) is 2. The fraction of sp³-hybridized carbons (Fsp3) is 0.588. The average molecular weight is 257 g/mol. The van der Waals surface area contributed by atoms with E-state index in [4.69, 9.17) is 4.74 Å². The van der Waals surface area contributed by atoms with E-state index in [-0.39, 0.29) is 5.41 Å². The third-order valence-electron chi connectivity index (χ3n) is 4.32. The van der Waals surface area contributed by atoms with Crippen LogP contribution in [-0.2, 0) is 5.41 Å². The molecule has 0 saturated heterocycles. The zero-order chi connectivity index (χ0) is 13.7. The summed E-state index contributed by atoms with van der Waals surface area (Å²) in [6.07, 6.45) is 7.37. The fourth-order valence-corrected chi connectivity index (χ4v) is 2.94. The van der Waals surface area contributed by atoms with Gasteiger partial charge in [0.15, 0.2) is 0 Å². The lowest BCUT2D eigenvalue weighted by atomic mass is 9.93. The topological polar surface area (TPSA) is 33.0 Å². The van der Waals surface area contributed by atoms with Crippen molar-refractivity contribution in [3.63, 3.8) is 0 Å². The Kier molecular flexibility index (Phi) is 4.47. The molecule has 1 fully saturated rings. The minimum absolute atomic E-state index is 0.210. The molecular weight excluding hydrogens is 234 g/mol. The van der Waals surface area contributed by atoms with Crippen molar-refractivity contribution in [1.82, 2.24) is 0 Å². The molecule has 1 aromatic rings. The molecule has 1 saturated carbocycles. The van der Waals surface area contributed by atoms with Crippen molar-refractivity contribution >= 4 is 0 Å². The average Bonchev–Trinajstić information content (AvgIpc) is 3.18. The molecule has 0 unspecified atom stereocenters. The Morgan fingerprint density at radius 3 is 2.58 bits per heavy atom. The normalized spacial score (nSPS) is 24.8. The van der Waals surface area contributed by atoms with Crippen molar-refractivity contribution in [2.75, 3.05) is 7.11 Å². The highest BCUT2D eigenvalue weighted by Gasteiger charge is 2.55. The number of nitrogens with zero attached hydrogens (tertiary/aromatic N) is 1. The van der Waals surface area contributed by atoms with Crippen LogP contribution in [0.5, 0.6) is 5.75 Å². The third kappa shape index (κ3) is 2.92. The molecule has 0 spiro atoms. The largest absolute Gasteiger partial charge is 0.497 e. The van der Waals surface area contributed by atoms with Crippen molar-refractivity contribution in [2.45, 2.75) is 50.9 Å². The summed E-state index contributed by atoms with van der Waals surface area (Å²) in [6.45, 7) is 2.23. The van der Waals surface area contributed by atoms with E-state index in [0.717, 1.165) is 17.7 Å². The summed E-state index contributed by atoms with van der Waals surface area (Å²) >= 11 is 0. The molecule has 2 nitrogen and oxygen atoms in total. The van der Waals surface area contributed by atoms with Gasteiger partial charge in [0.25, 0.3) is 0 Å². The smallest absolute Gasteiger partial charge is 0.118 e. The number of nitriles is 1. The highest BCUT2D eigenvalue weighted by molar-refractivity contribution is 5.43. The second-order valence-electron chi connectivity index (χ2n) is 5.56. The molecule has 0 N–H and O–H groups in total. The third-order valence-corrected chi connectivity index (χ3v) is 4.32. The van der Waals surface area contributed by atoms with Crippen LogP contribution in [0.4, 0.5) is 0 Å². The van der Waals surface area contributed by atoms with Crippen molar-refractivity contribution in [1.29, 1.82) is 5.26 Å². The van der Waals surface area contributed by atoms with Crippen molar-refractivity contribution in [3.05, 3.63) is 29.8 Å². The second kappa shape index (κ2) is 6.10. The van der Waals surface area contributed by atoms with Crippen LogP contribution in [0.2, 0.25) is 0 Å². The Balaban J connectivity index is 1.95. The van der Waals surface area contributed by atoms with Gasteiger partial charge < -0.3 is 4.74 Å². The Morgan fingerprint density at radius 2 is 2.00 bits per heavy atom. The molecule has 0 aromatic heterocycles. The van der Waals surface area contributed by atoms with E-state index in [1.54, 1.807) is 7.11 Å². The van der Waals surface area contributed by atoms with Gasteiger partial charge in [-0.1, -0.05) is 44.7 Å². The first kappa shape index (κ1) is 13.9. The zero-order valence-electron chi connectivity index (χ0n) is 12.0. The fourth-order valence-electron chi connectivity index (χ4n) is 2.94. The van der Waals surface area contributed by atoms with Gasteiger partial charge in [0.2, 0.25) is 0 Å². The summed E-state index contributed by atoms with van der Waals surface area (Å²) < 4.78 is 5.17. The summed E-state index contributed by atoms with van der Waals surface area (Å²) in [5.41, 5.74) is 0.953. The van der Waals surface area contributed by atoms with Crippen LogP contribution in [0.3, 0.4) is 0 Å². The summed E-state index contributed by atoms with van der Waals surface area (Å²) in [7, 11) is 1.67. The van der Waals surface area contributed by atoms with Gasteiger partial charge in [-0.2, -0.15) is 5.26 Å². The Bertz CT molecular complexity index is 445. The van der Waals surface area contributed by atoms with E-state index >= 15 is 0 Å². The van der Waals surface area contributed by atoms with Crippen LogP contribution in [0.25, 0.3) is 0 Å². The van der Waals surface area contributed by atoms with E-state index in [0.29, 0.717) is 5.92 Å². The number of methoxy groups -OCH3 is 1. The number of rotatable bonds is 7. The molecular formula is C17H23NO. The predicted molar refractivity (Wildman–Crippen MR) is 77.2 cm³/mol. The minimum Gasteiger partial charge on any atom is -0.497 e. The van der Waals surface area contributed by atoms with Gasteiger partial charge in [-0.05, 0) is 36.5 Å². The van der Waals surface area contributed by atoms with Crippen LogP contribution in [-0.4, -0.2) is 7.11 Å². The lowest BCUT2D eigenvalue weighted by Gasteiger charge is -2.10. The van der Waals surface area contributed by atoms with E-state index in [1.807, 2.05) is 24.3 Å². The molecule has 0 amide bonds. The SMILES string of the molecule is CCCCCC[C@H]1C[C@@]1(C#N)c1ccc(OC)cc1. The van der Waals surface area contributed by atoms with Crippen LogP contribution in [0, 0.1) is 17.2 Å². The molecule has 0 aliphatic heterocycles. The highest BCUT2D eigenvalue weighted by atomic mass is 16.5. The summed E-state index contributed by atoms with van der Waals surface area (Å²) in [6, 6.07) is 10.6. The molecule has 102 valence electrons. The van der Waals surface area contributed by atoms with Crippen LogP contribution in [0.1, 0.15) is 51.0 Å². The molecule has 19 heavy (non-hydrogen) atoms. The molecule has 1 aromatic carbocycles. The van der Waals surface area contributed by atoms with Gasteiger partial charge in [-0.3, -0.25) is 0 Å². The van der Waals surface area contributed by atoms with Gasteiger partial charge in [0, 0.05) is 0 Å². The molecule has 2 rings (SSSR count). The van der Waals surface area contributed by atoms with E-state index in [9.17, 15) is 5.26 Å². The monoisotopic (exact) mass is 257 g/mol. The maximum absolute atomic E-state index is 9.53. The van der Waals surface area contributed by atoms with E-state index in [1.165, 1.54) is 32.1 Å². The van der Waals surface area contributed by atoms with Crippen LogP contribution < -0.4 is 4.74 Å². The number of benzene rings is 1. The molecule has 1 aliphatic rings. The Labute approximate surface area is 116 Å². The highest BCUT2D eigenvalue weighted by Crippen LogP contribution is 2.56. The van der Waals surface area contributed by atoms with E-state index in [2.05, 4.69) is 13.0 Å². The maximum atomic E-state index is 9.53. The molecule has 2 heteroatoms. The predicted octanol–water partition coefficient (Wildman–Crippen LogP) is 4.45. The van der Waals surface area contributed by atoms with Crippen molar-refractivity contribution in [2.24, 2.45) is 5.92 Å².